The molecule has 0 atom stereocenters. The first-order valence-electron chi connectivity index (χ1n) is 3.02. The van der Waals surface area contributed by atoms with Crippen molar-refractivity contribution >= 4 is 24.1 Å². The van der Waals surface area contributed by atoms with E-state index in [0.717, 1.165) is 6.29 Å². The number of nitrogen functional groups attached to an aromatic ring is 3. The Labute approximate surface area is 69.0 Å². The number of nitrogens with two attached hydrogens (primary N) is 3. The minimum absolute atomic E-state index is 0.0417. The van der Waals surface area contributed by atoms with Crippen LogP contribution < -0.4 is 17.2 Å². The molecule has 0 saturated heterocycles. The SMILES string of the molecule is CC=O.Nc1nc(N)nc(N)n1. The Morgan fingerprint density at radius 2 is 1.17 bits per heavy atom. The van der Waals surface area contributed by atoms with Crippen LogP contribution in [0.3, 0.4) is 0 Å². The average Bonchev–Trinajstić information content (AvgIpc) is 1.84. The summed E-state index contributed by atoms with van der Waals surface area (Å²) < 4.78 is 0. The number of nitrogens with zero attached hydrogens (tertiary/aromatic N) is 3. The lowest BCUT2D eigenvalue weighted by Gasteiger charge is -1.93. The topological polar surface area (TPSA) is 134 Å². The van der Waals surface area contributed by atoms with Crippen LogP contribution in [0.15, 0.2) is 0 Å². The van der Waals surface area contributed by atoms with Gasteiger partial charge in [0.05, 0.1) is 0 Å². The van der Waals surface area contributed by atoms with Crippen molar-refractivity contribution in [3.8, 4) is 0 Å². The van der Waals surface area contributed by atoms with Crippen LogP contribution in [0.4, 0.5) is 17.8 Å². The average molecular weight is 170 g/mol. The highest BCUT2D eigenvalue weighted by Gasteiger charge is 1.93. The van der Waals surface area contributed by atoms with Gasteiger partial charge in [0, 0.05) is 0 Å². The smallest absolute Gasteiger partial charge is 0.226 e. The second kappa shape index (κ2) is 4.83. The Morgan fingerprint density at radius 3 is 1.33 bits per heavy atom. The van der Waals surface area contributed by atoms with Crippen molar-refractivity contribution in [1.29, 1.82) is 0 Å². The standard InChI is InChI=1S/C3H6N6.C2H4O/c4-1-7-2(5)9-3(6)8-1;1-2-3/h(H6,4,5,6,7,8,9);2H,1H3. The maximum Gasteiger partial charge on any atom is 0.226 e. The van der Waals surface area contributed by atoms with Crippen LogP contribution in [0.2, 0.25) is 0 Å². The number of aldehydes is 1. The van der Waals surface area contributed by atoms with Crippen LogP contribution in [0.5, 0.6) is 0 Å². The maximum atomic E-state index is 8.81. The van der Waals surface area contributed by atoms with Gasteiger partial charge in [0.2, 0.25) is 17.8 Å². The van der Waals surface area contributed by atoms with Gasteiger partial charge in [-0.25, -0.2) is 0 Å². The molecule has 12 heavy (non-hydrogen) atoms. The maximum absolute atomic E-state index is 8.81. The molecule has 0 aliphatic heterocycles. The molecule has 0 fully saturated rings. The molecule has 7 heteroatoms. The molecule has 0 bridgehead atoms. The van der Waals surface area contributed by atoms with Gasteiger partial charge in [0.1, 0.15) is 6.29 Å². The molecule has 0 saturated carbocycles. The predicted octanol–water partition coefficient (Wildman–Crippen LogP) is -1.18. The zero-order valence-electron chi connectivity index (χ0n) is 6.56. The predicted molar refractivity (Wildman–Crippen MR) is 44.8 cm³/mol. The summed E-state index contributed by atoms with van der Waals surface area (Å²) in [5, 5.41) is 0. The summed E-state index contributed by atoms with van der Waals surface area (Å²) in [6.45, 7) is 1.44. The van der Waals surface area contributed by atoms with Crippen molar-refractivity contribution in [2.24, 2.45) is 0 Å². The molecular formula is C5H10N6O. The molecule has 0 spiro atoms. The minimum atomic E-state index is 0.0417. The van der Waals surface area contributed by atoms with E-state index in [-0.39, 0.29) is 17.8 Å². The van der Waals surface area contributed by atoms with Crippen molar-refractivity contribution in [2.75, 3.05) is 17.2 Å². The highest BCUT2D eigenvalue weighted by Crippen LogP contribution is 1.97. The van der Waals surface area contributed by atoms with Crippen LogP contribution in [0.1, 0.15) is 6.92 Å². The van der Waals surface area contributed by atoms with Gasteiger partial charge in [-0.15, -0.1) is 0 Å². The second-order valence-corrected chi connectivity index (χ2v) is 1.65. The summed E-state index contributed by atoms with van der Waals surface area (Å²) in [5.74, 6) is 0.125. The molecule has 6 N–H and O–H groups in total. The summed E-state index contributed by atoms with van der Waals surface area (Å²) in [6.07, 6.45) is 0.750. The van der Waals surface area contributed by atoms with Gasteiger partial charge in [-0.05, 0) is 6.92 Å². The van der Waals surface area contributed by atoms with Gasteiger partial charge in [0.15, 0.2) is 0 Å². The molecule has 0 radical (unpaired) electrons. The van der Waals surface area contributed by atoms with Crippen LogP contribution in [-0.2, 0) is 4.79 Å². The van der Waals surface area contributed by atoms with Gasteiger partial charge in [-0.3, -0.25) is 0 Å². The third kappa shape index (κ3) is 3.99. The molecule has 1 rings (SSSR count). The van der Waals surface area contributed by atoms with Crippen molar-refractivity contribution in [2.45, 2.75) is 6.92 Å². The van der Waals surface area contributed by atoms with Gasteiger partial charge in [-0.1, -0.05) is 0 Å². The van der Waals surface area contributed by atoms with Crippen molar-refractivity contribution in [3.05, 3.63) is 0 Å². The fourth-order valence-corrected chi connectivity index (χ4v) is 0.427. The summed E-state index contributed by atoms with van der Waals surface area (Å²) in [5.41, 5.74) is 15.4. The van der Waals surface area contributed by atoms with Crippen molar-refractivity contribution in [1.82, 2.24) is 15.0 Å². The Kier molecular flexibility index (Phi) is 4.06. The summed E-state index contributed by atoms with van der Waals surface area (Å²) >= 11 is 0. The molecule has 66 valence electrons. The molecule has 1 aromatic rings. The van der Waals surface area contributed by atoms with E-state index in [4.69, 9.17) is 22.0 Å². The van der Waals surface area contributed by atoms with Crippen LogP contribution >= 0.6 is 0 Å². The minimum Gasteiger partial charge on any atom is -0.368 e. The molecule has 0 unspecified atom stereocenters. The molecule has 0 aliphatic carbocycles. The largest absolute Gasteiger partial charge is 0.368 e. The molecule has 7 nitrogen and oxygen atoms in total. The fourth-order valence-electron chi connectivity index (χ4n) is 0.427. The zero-order valence-corrected chi connectivity index (χ0v) is 6.56. The van der Waals surface area contributed by atoms with Crippen LogP contribution in [0, 0.1) is 0 Å². The first-order chi connectivity index (χ1) is 5.60. The Balaban J connectivity index is 0.000000354. The van der Waals surface area contributed by atoms with E-state index in [1.54, 1.807) is 0 Å². The van der Waals surface area contributed by atoms with E-state index in [2.05, 4.69) is 15.0 Å². The summed E-state index contributed by atoms with van der Waals surface area (Å²) in [6, 6.07) is 0. The third-order valence-corrected chi connectivity index (χ3v) is 0.687. The highest BCUT2D eigenvalue weighted by atomic mass is 16.1. The summed E-state index contributed by atoms with van der Waals surface area (Å²) in [4.78, 5) is 19.3. The monoisotopic (exact) mass is 170 g/mol. The lowest BCUT2D eigenvalue weighted by molar-refractivity contribution is -0.106. The molecule has 1 heterocycles. The van der Waals surface area contributed by atoms with E-state index in [1.807, 2.05) is 0 Å². The number of rotatable bonds is 0. The number of hydrogen-bond acceptors (Lipinski definition) is 7. The third-order valence-electron chi connectivity index (χ3n) is 0.687. The number of anilines is 3. The Bertz CT molecular complexity index is 212. The first kappa shape index (κ1) is 10.1. The zero-order chi connectivity index (χ0) is 9.56. The molecule has 0 amide bonds. The number of hydrogen-bond donors (Lipinski definition) is 3. The molecule has 1 aromatic heterocycles. The van der Waals surface area contributed by atoms with E-state index >= 15 is 0 Å². The highest BCUT2D eigenvalue weighted by molar-refractivity contribution is 5.44. The Hall–Kier alpha value is -1.92. The van der Waals surface area contributed by atoms with E-state index in [1.165, 1.54) is 6.92 Å². The number of carbonyl (C=O) groups excluding carboxylic acids is 1. The molecule has 0 aromatic carbocycles. The van der Waals surface area contributed by atoms with Gasteiger partial charge in [-0.2, -0.15) is 15.0 Å². The first-order valence-corrected chi connectivity index (χ1v) is 3.02. The van der Waals surface area contributed by atoms with E-state index in [9.17, 15) is 0 Å². The normalized spacial score (nSPS) is 8.08. The lowest BCUT2D eigenvalue weighted by atomic mass is 10.9. The lowest BCUT2D eigenvalue weighted by Crippen LogP contribution is -2.05. The second-order valence-electron chi connectivity index (χ2n) is 1.65. The molecular weight excluding hydrogens is 160 g/mol. The number of aromatic nitrogens is 3. The van der Waals surface area contributed by atoms with Gasteiger partial charge in [0.25, 0.3) is 0 Å². The Morgan fingerprint density at radius 1 is 1.00 bits per heavy atom. The van der Waals surface area contributed by atoms with Crippen molar-refractivity contribution < 1.29 is 4.79 Å². The van der Waals surface area contributed by atoms with Gasteiger partial charge >= 0.3 is 0 Å². The van der Waals surface area contributed by atoms with Crippen LogP contribution in [0.25, 0.3) is 0 Å². The van der Waals surface area contributed by atoms with E-state index < -0.39 is 0 Å². The van der Waals surface area contributed by atoms with E-state index in [0.29, 0.717) is 0 Å². The molecule has 0 aliphatic rings. The van der Waals surface area contributed by atoms with Gasteiger partial charge < -0.3 is 22.0 Å². The quantitative estimate of drug-likeness (QED) is 0.417. The fraction of sp³-hybridized carbons (Fsp3) is 0.200. The van der Waals surface area contributed by atoms with Crippen molar-refractivity contribution in [3.63, 3.8) is 0 Å². The number of carbonyl (C=O) groups is 1. The van der Waals surface area contributed by atoms with Crippen LogP contribution in [-0.4, -0.2) is 21.2 Å². The summed E-state index contributed by atoms with van der Waals surface area (Å²) in [7, 11) is 0.